The summed E-state index contributed by atoms with van der Waals surface area (Å²) in [7, 11) is 1.68. The Labute approximate surface area is 176 Å². The SMILES string of the molecule is CN=C(NCCCOCC1CCCO1)NC1CC1c1c(F)cccc1F.I. The van der Waals surface area contributed by atoms with Crippen LogP contribution in [-0.2, 0) is 9.47 Å². The molecule has 3 atom stereocenters. The molecule has 1 aromatic carbocycles. The van der Waals surface area contributed by atoms with E-state index >= 15 is 0 Å². The van der Waals surface area contributed by atoms with Gasteiger partial charge in [-0.05, 0) is 37.8 Å². The molecule has 0 aromatic heterocycles. The molecule has 0 radical (unpaired) electrons. The molecular formula is C19H28F2IN3O2. The highest BCUT2D eigenvalue weighted by Gasteiger charge is 2.42. The fourth-order valence-electron chi connectivity index (χ4n) is 3.28. The van der Waals surface area contributed by atoms with Crippen LogP contribution in [0.25, 0.3) is 0 Å². The lowest BCUT2D eigenvalue weighted by Crippen LogP contribution is -2.39. The van der Waals surface area contributed by atoms with Gasteiger partial charge in [0.2, 0.25) is 0 Å². The zero-order valence-electron chi connectivity index (χ0n) is 15.5. The van der Waals surface area contributed by atoms with Crippen molar-refractivity contribution < 1.29 is 18.3 Å². The van der Waals surface area contributed by atoms with Crippen LogP contribution >= 0.6 is 24.0 Å². The molecule has 0 amide bonds. The second-order valence-corrected chi connectivity index (χ2v) is 6.79. The van der Waals surface area contributed by atoms with Gasteiger partial charge in [0.25, 0.3) is 0 Å². The molecule has 2 aliphatic rings. The van der Waals surface area contributed by atoms with E-state index in [0.717, 1.165) is 32.4 Å². The van der Waals surface area contributed by atoms with Crippen molar-refractivity contribution in [2.75, 3.05) is 33.4 Å². The molecule has 1 aliphatic carbocycles. The van der Waals surface area contributed by atoms with E-state index in [1.807, 2.05) is 0 Å². The van der Waals surface area contributed by atoms with Crippen molar-refractivity contribution in [3.63, 3.8) is 0 Å². The fourth-order valence-corrected chi connectivity index (χ4v) is 3.28. The highest BCUT2D eigenvalue weighted by molar-refractivity contribution is 14.0. The predicted octanol–water partition coefficient (Wildman–Crippen LogP) is 3.19. The number of benzene rings is 1. The summed E-state index contributed by atoms with van der Waals surface area (Å²) < 4.78 is 38.8. The third-order valence-corrected chi connectivity index (χ3v) is 4.79. The number of halogens is 3. The minimum Gasteiger partial charge on any atom is -0.379 e. The molecule has 1 saturated carbocycles. The molecular weight excluding hydrogens is 467 g/mol. The van der Waals surface area contributed by atoms with E-state index in [4.69, 9.17) is 9.47 Å². The normalized spacial score (nSPS) is 24.4. The molecule has 3 rings (SSSR count). The van der Waals surface area contributed by atoms with Crippen LogP contribution < -0.4 is 10.6 Å². The van der Waals surface area contributed by atoms with Crippen molar-refractivity contribution in [3.05, 3.63) is 35.4 Å². The van der Waals surface area contributed by atoms with E-state index in [1.165, 1.54) is 18.2 Å². The summed E-state index contributed by atoms with van der Waals surface area (Å²) in [4.78, 5) is 4.17. The maximum absolute atomic E-state index is 13.8. The molecule has 2 N–H and O–H groups in total. The molecule has 8 heteroatoms. The topological polar surface area (TPSA) is 54.9 Å². The molecule has 1 saturated heterocycles. The van der Waals surface area contributed by atoms with Gasteiger partial charge in [0, 0.05) is 44.3 Å². The molecule has 0 spiro atoms. The third kappa shape index (κ3) is 6.53. The Balaban J connectivity index is 0.00000261. The fraction of sp³-hybridized carbons (Fsp3) is 0.632. The molecule has 1 aromatic rings. The summed E-state index contributed by atoms with van der Waals surface area (Å²) in [6.45, 7) is 2.88. The summed E-state index contributed by atoms with van der Waals surface area (Å²) in [6, 6.07) is 4.00. The zero-order chi connectivity index (χ0) is 18.4. The maximum Gasteiger partial charge on any atom is 0.191 e. The van der Waals surface area contributed by atoms with Gasteiger partial charge in [-0.3, -0.25) is 4.99 Å². The molecule has 0 bridgehead atoms. The lowest BCUT2D eigenvalue weighted by Gasteiger charge is -2.13. The number of rotatable bonds is 8. The number of guanidine groups is 1. The van der Waals surface area contributed by atoms with Gasteiger partial charge in [0.05, 0.1) is 12.7 Å². The van der Waals surface area contributed by atoms with Crippen molar-refractivity contribution in [1.82, 2.24) is 10.6 Å². The Morgan fingerprint density at radius 3 is 2.78 bits per heavy atom. The van der Waals surface area contributed by atoms with E-state index in [1.54, 1.807) is 7.05 Å². The van der Waals surface area contributed by atoms with Gasteiger partial charge in [0.1, 0.15) is 11.6 Å². The highest BCUT2D eigenvalue weighted by Crippen LogP contribution is 2.42. The molecule has 152 valence electrons. The first-order chi connectivity index (χ1) is 12.7. The van der Waals surface area contributed by atoms with Crippen LogP contribution in [0.2, 0.25) is 0 Å². The molecule has 3 unspecified atom stereocenters. The molecule has 1 heterocycles. The lowest BCUT2D eigenvalue weighted by molar-refractivity contribution is 0.0168. The Morgan fingerprint density at radius 1 is 1.33 bits per heavy atom. The van der Waals surface area contributed by atoms with E-state index in [-0.39, 0.29) is 47.6 Å². The minimum atomic E-state index is -0.481. The average molecular weight is 495 g/mol. The van der Waals surface area contributed by atoms with Gasteiger partial charge in [-0.2, -0.15) is 0 Å². The van der Waals surface area contributed by atoms with Crippen LogP contribution in [0.5, 0.6) is 0 Å². The smallest absolute Gasteiger partial charge is 0.191 e. The van der Waals surface area contributed by atoms with E-state index in [9.17, 15) is 8.78 Å². The number of nitrogens with zero attached hydrogens (tertiary/aromatic N) is 1. The Morgan fingerprint density at radius 2 is 2.11 bits per heavy atom. The van der Waals surface area contributed by atoms with Crippen LogP contribution in [0.3, 0.4) is 0 Å². The molecule has 2 fully saturated rings. The van der Waals surface area contributed by atoms with E-state index in [0.29, 0.717) is 25.6 Å². The van der Waals surface area contributed by atoms with Crippen molar-refractivity contribution in [1.29, 1.82) is 0 Å². The van der Waals surface area contributed by atoms with Crippen LogP contribution in [0, 0.1) is 11.6 Å². The van der Waals surface area contributed by atoms with Crippen molar-refractivity contribution in [2.24, 2.45) is 4.99 Å². The summed E-state index contributed by atoms with van der Waals surface area (Å²) in [5.41, 5.74) is 0.169. The van der Waals surface area contributed by atoms with E-state index in [2.05, 4.69) is 15.6 Å². The molecule has 1 aliphatic heterocycles. The van der Waals surface area contributed by atoms with Crippen molar-refractivity contribution >= 4 is 29.9 Å². The lowest BCUT2D eigenvalue weighted by atomic mass is 10.1. The quantitative estimate of drug-likeness (QED) is 0.252. The van der Waals surface area contributed by atoms with Crippen LogP contribution in [0.15, 0.2) is 23.2 Å². The predicted molar refractivity (Wildman–Crippen MR) is 112 cm³/mol. The van der Waals surface area contributed by atoms with Gasteiger partial charge >= 0.3 is 0 Å². The van der Waals surface area contributed by atoms with E-state index < -0.39 is 11.6 Å². The largest absolute Gasteiger partial charge is 0.379 e. The highest BCUT2D eigenvalue weighted by atomic mass is 127. The minimum absolute atomic E-state index is 0. The summed E-state index contributed by atoms with van der Waals surface area (Å²) in [6.07, 6.45) is 4.01. The summed E-state index contributed by atoms with van der Waals surface area (Å²) in [5.74, 6) is -0.464. The Kier molecular flexibility index (Phi) is 9.17. The molecule has 5 nitrogen and oxygen atoms in total. The number of aliphatic imine (C=N–C) groups is 1. The number of nitrogens with one attached hydrogen (secondary N) is 2. The first-order valence-electron chi connectivity index (χ1n) is 9.29. The third-order valence-electron chi connectivity index (χ3n) is 4.79. The van der Waals surface area contributed by atoms with Crippen LogP contribution in [0.1, 0.15) is 37.2 Å². The maximum atomic E-state index is 13.8. The van der Waals surface area contributed by atoms with Gasteiger partial charge in [-0.25, -0.2) is 8.78 Å². The van der Waals surface area contributed by atoms with Gasteiger partial charge in [-0.15, -0.1) is 24.0 Å². The van der Waals surface area contributed by atoms with Gasteiger partial charge in [0.15, 0.2) is 5.96 Å². The zero-order valence-corrected chi connectivity index (χ0v) is 17.9. The molecule has 27 heavy (non-hydrogen) atoms. The number of ether oxygens (including phenoxy) is 2. The average Bonchev–Trinajstić information content (AvgIpc) is 3.16. The van der Waals surface area contributed by atoms with Crippen molar-refractivity contribution in [2.45, 2.75) is 43.7 Å². The Hall–Kier alpha value is -1.000. The first kappa shape index (κ1) is 22.3. The van der Waals surface area contributed by atoms with Gasteiger partial charge < -0.3 is 20.1 Å². The second kappa shape index (κ2) is 11.1. The van der Waals surface area contributed by atoms with Crippen LogP contribution in [0.4, 0.5) is 8.78 Å². The standard InChI is InChI=1S/C19H27F2N3O2.HI/c1-22-19(23-8-4-9-25-12-13-5-3-10-26-13)24-17-11-14(17)18-15(20)6-2-7-16(18)21;/h2,6-7,13-14,17H,3-5,8-12H2,1H3,(H2,22,23,24);1H. The summed E-state index contributed by atoms with van der Waals surface area (Å²) in [5, 5.41) is 6.43. The van der Waals surface area contributed by atoms with Gasteiger partial charge in [-0.1, -0.05) is 6.07 Å². The summed E-state index contributed by atoms with van der Waals surface area (Å²) >= 11 is 0. The first-order valence-corrected chi connectivity index (χ1v) is 9.29. The van der Waals surface area contributed by atoms with Crippen molar-refractivity contribution in [3.8, 4) is 0 Å². The number of hydrogen-bond donors (Lipinski definition) is 2. The Bertz CT molecular complexity index is 607. The monoisotopic (exact) mass is 495 g/mol. The second-order valence-electron chi connectivity index (χ2n) is 6.79. The van der Waals surface area contributed by atoms with Crippen LogP contribution in [-0.4, -0.2) is 51.5 Å². The number of hydrogen-bond acceptors (Lipinski definition) is 3.